The molecular weight excluding hydrogens is 255 g/mol. The summed E-state index contributed by atoms with van der Waals surface area (Å²) in [6.07, 6.45) is 13.2. The van der Waals surface area contributed by atoms with Gasteiger partial charge in [-0.3, -0.25) is 0 Å². The predicted molar refractivity (Wildman–Crippen MR) is 96.6 cm³/mol. The van der Waals surface area contributed by atoms with Crippen LogP contribution >= 0.6 is 0 Å². The molecule has 0 saturated carbocycles. The third kappa shape index (κ3) is 3.81. The van der Waals surface area contributed by atoms with Gasteiger partial charge in [-0.25, -0.2) is 0 Å². The van der Waals surface area contributed by atoms with Crippen molar-refractivity contribution in [2.75, 3.05) is 0 Å². The van der Waals surface area contributed by atoms with Gasteiger partial charge in [0.1, 0.15) is 6.71 Å². The van der Waals surface area contributed by atoms with Crippen molar-refractivity contribution in [2.45, 2.75) is 96.9 Å². The Labute approximate surface area is 128 Å². The lowest BCUT2D eigenvalue weighted by Gasteiger charge is -2.41. The molecule has 2 aliphatic rings. The quantitative estimate of drug-likeness (QED) is 0.525. The summed E-state index contributed by atoms with van der Waals surface area (Å²) in [5.74, 6) is 2.11. The van der Waals surface area contributed by atoms with E-state index in [1.807, 2.05) is 0 Å². The lowest BCUT2D eigenvalue weighted by atomic mass is 9.26. The Morgan fingerprint density at radius 3 is 1.80 bits per heavy atom. The van der Waals surface area contributed by atoms with Crippen molar-refractivity contribution in [1.82, 2.24) is 0 Å². The van der Waals surface area contributed by atoms with Crippen LogP contribution in [0.2, 0.25) is 37.6 Å². The number of rotatable bonds is 3. The second-order valence-electron chi connectivity index (χ2n) is 9.40. The predicted octanol–water partition coefficient (Wildman–Crippen LogP) is 6.44. The standard InChI is InChI=1S/C18H35BSi/c1-18(2,3)17(20(4,5)6)13-14-19-15-9-7-10-16(19)12-8-11-15/h13,15-16H,7-12,14H2,1-6H3/b17-13+. The van der Waals surface area contributed by atoms with Gasteiger partial charge in [0, 0.05) is 0 Å². The van der Waals surface area contributed by atoms with Gasteiger partial charge in [0.2, 0.25) is 0 Å². The molecule has 114 valence electrons. The Morgan fingerprint density at radius 1 is 1.00 bits per heavy atom. The number of hydrogen-bond donors (Lipinski definition) is 0. The molecule has 0 aromatic heterocycles. The maximum Gasteiger partial charge on any atom is 0.150 e. The average molecular weight is 290 g/mol. The van der Waals surface area contributed by atoms with Crippen LogP contribution in [0.3, 0.4) is 0 Å². The lowest BCUT2D eigenvalue weighted by Crippen LogP contribution is -2.36. The topological polar surface area (TPSA) is 0 Å². The van der Waals surface area contributed by atoms with E-state index in [2.05, 4.69) is 46.5 Å². The van der Waals surface area contributed by atoms with Crippen molar-refractivity contribution in [1.29, 1.82) is 0 Å². The van der Waals surface area contributed by atoms with Gasteiger partial charge in [0.25, 0.3) is 0 Å². The molecule has 0 aromatic carbocycles. The SMILES string of the molecule is CC(C)(C)/C(=C\CB1C2CCCC1CCC2)[Si](C)(C)C. The first-order valence-corrected chi connectivity index (χ1v) is 12.4. The molecule has 2 saturated heterocycles. The Balaban J connectivity index is 2.13. The van der Waals surface area contributed by atoms with E-state index in [-0.39, 0.29) is 0 Å². The minimum Gasteiger partial charge on any atom is -0.0958 e. The van der Waals surface area contributed by atoms with Crippen molar-refractivity contribution in [3.05, 3.63) is 11.3 Å². The second-order valence-corrected chi connectivity index (χ2v) is 14.4. The molecule has 2 heterocycles. The van der Waals surface area contributed by atoms with E-state index < -0.39 is 8.07 Å². The van der Waals surface area contributed by atoms with Crippen LogP contribution in [0.5, 0.6) is 0 Å². The Hall–Kier alpha value is 0.0218. The fourth-order valence-electron chi connectivity index (χ4n) is 5.19. The largest absolute Gasteiger partial charge is 0.150 e. The molecule has 0 amide bonds. The van der Waals surface area contributed by atoms with Crippen molar-refractivity contribution in [2.24, 2.45) is 5.41 Å². The van der Waals surface area contributed by atoms with Crippen LogP contribution in [0, 0.1) is 5.41 Å². The van der Waals surface area contributed by atoms with Gasteiger partial charge in [0.15, 0.2) is 0 Å². The highest BCUT2D eigenvalue weighted by molar-refractivity contribution is 6.83. The van der Waals surface area contributed by atoms with Crippen LogP contribution in [-0.2, 0) is 0 Å². The summed E-state index contributed by atoms with van der Waals surface area (Å²) in [5, 5.41) is 1.80. The highest BCUT2D eigenvalue weighted by atomic mass is 28.3. The highest BCUT2D eigenvalue weighted by Gasteiger charge is 2.38. The minimum absolute atomic E-state index is 0.369. The zero-order chi connectivity index (χ0) is 15.0. The Kier molecular flexibility index (Phi) is 4.94. The molecule has 0 radical (unpaired) electrons. The van der Waals surface area contributed by atoms with Gasteiger partial charge in [-0.15, -0.1) is 0 Å². The summed E-state index contributed by atoms with van der Waals surface area (Å²) >= 11 is 0. The van der Waals surface area contributed by atoms with Crippen LogP contribution in [0.1, 0.15) is 59.3 Å². The van der Waals surface area contributed by atoms with Gasteiger partial charge in [-0.2, -0.15) is 0 Å². The maximum absolute atomic E-state index is 2.70. The molecule has 0 unspecified atom stereocenters. The number of fused-ring (bicyclic) bond motifs is 2. The van der Waals surface area contributed by atoms with Gasteiger partial charge in [0.05, 0.1) is 8.07 Å². The normalized spacial score (nSPS) is 28.7. The first kappa shape index (κ1) is 16.4. The van der Waals surface area contributed by atoms with Crippen LogP contribution < -0.4 is 0 Å². The molecule has 2 aliphatic heterocycles. The molecule has 20 heavy (non-hydrogen) atoms. The summed E-state index contributed by atoms with van der Waals surface area (Å²) in [5.41, 5.74) is 0.369. The molecule has 2 rings (SSSR count). The first-order chi connectivity index (χ1) is 9.19. The molecule has 0 spiro atoms. The molecular formula is C18H35BSi. The average Bonchev–Trinajstić information content (AvgIpc) is 2.24. The summed E-state index contributed by atoms with van der Waals surface area (Å²) in [6.45, 7) is 15.8. The van der Waals surface area contributed by atoms with Gasteiger partial charge in [-0.05, 0) is 5.41 Å². The molecule has 0 aliphatic carbocycles. The van der Waals surface area contributed by atoms with E-state index in [0.717, 1.165) is 18.3 Å². The van der Waals surface area contributed by atoms with Crippen molar-refractivity contribution in [3.63, 3.8) is 0 Å². The van der Waals surface area contributed by atoms with Gasteiger partial charge in [-0.1, -0.05) is 108 Å². The summed E-state index contributed by atoms with van der Waals surface area (Å²) in [7, 11) is -1.18. The minimum atomic E-state index is -1.18. The fourth-order valence-corrected chi connectivity index (χ4v) is 8.17. The maximum atomic E-state index is 2.70. The van der Waals surface area contributed by atoms with Crippen molar-refractivity contribution in [3.8, 4) is 0 Å². The van der Waals surface area contributed by atoms with E-state index >= 15 is 0 Å². The first-order valence-electron chi connectivity index (χ1n) is 8.90. The lowest BCUT2D eigenvalue weighted by molar-refractivity contribution is 0.443. The van der Waals surface area contributed by atoms with E-state index in [1.54, 1.807) is 5.20 Å². The van der Waals surface area contributed by atoms with Crippen LogP contribution in [-0.4, -0.2) is 14.8 Å². The van der Waals surface area contributed by atoms with Crippen LogP contribution in [0.4, 0.5) is 0 Å². The second kappa shape index (κ2) is 6.03. The van der Waals surface area contributed by atoms with E-state index in [4.69, 9.17) is 0 Å². The zero-order valence-corrected chi connectivity index (χ0v) is 15.8. The molecule has 2 heteroatoms. The Morgan fingerprint density at radius 2 is 1.45 bits per heavy atom. The van der Waals surface area contributed by atoms with E-state index in [1.165, 1.54) is 44.8 Å². The molecule has 0 aromatic rings. The summed E-state index contributed by atoms with van der Waals surface area (Å²) in [6, 6.07) is 0. The molecule has 2 bridgehead atoms. The molecule has 0 N–H and O–H groups in total. The van der Waals surface area contributed by atoms with Gasteiger partial charge >= 0.3 is 0 Å². The molecule has 0 atom stereocenters. The number of hydrogen-bond acceptors (Lipinski definition) is 0. The smallest absolute Gasteiger partial charge is 0.0958 e. The number of allylic oxidation sites excluding steroid dienone is 2. The monoisotopic (exact) mass is 290 g/mol. The summed E-state index contributed by atoms with van der Waals surface area (Å²) in [4.78, 5) is 0. The fraction of sp³-hybridized carbons (Fsp3) is 0.889. The van der Waals surface area contributed by atoms with E-state index in [9.17, 15) is 0 Å². The summed E-state index contributed by atoms with van der Waals surface area (Å²) < 4.78 is 0. The van der Waals surface area contributed by atoms with Crippen LogP contribution in [0.25, 0.3) is 0 Å². The molecule has 0 nitrogen and oxygen atoms in total. The van der Waals surface area contributed by atoms with Gasteiger partial charge < -0.3 is 0 Å². The highest BCUT2D eigenvalue weighted by Crippen LogP contribution is 2.48. The van der Waals surface area contributed by atoms with E-state index in [0.29, 0.717) is 5.41 Å². The zero-order valence-electron chi connectivity index (χ0n) is 14.8. The Bertz CT molecular complexity index is 321. The molecule has 2 fully saturated rings. The van der Waals surface area contributed by atoms with Crippen molar-refractivity contribution < 1.29 is 0 Å². The third-order valence-electron chi connectivity index (χ3n) is 5.72. The van der Waals surface area contributed by atoms with Crippen molar-refractivity contribution >= 4 is 14.8 Å². The third-order valence-corrected chi connectivity index (χ3v) is 8.29. The van der Waals surface area contributed by atoms with Crippen LogP contribution in [0.15, 0.2) is 11.3 Å².